The third-order valence-corrected chi connectivity index (χ3v) is 4.20. The average Bonchev–Trinajstić information content (AvgIpc) is 3.07. The zero-order chi connectivity index (χ0) is 16.2. The van der Waals surface area contributed by atoms with Gasteiger partial charge in [0, 0.05) is 35.3 Å². The summed E-state index contributed by atoms with van der Waals surface area (Å²) < 4.78 is 25.1. The van der Waals surface area contributed by atoms with Crippen molar-refractivity contribution in [3.63, 3.8) is 0 Å². The summed E-state index contributed by atoms with van der Waals surface area (Å²) in [6, 6.07) is 6.68. The van der Waals surface area contributed by atoms with Crippen LogP contribution >= 0.6 is 11.6 Å². The van der Waals surface area contributed by atoms with Gasteiger partial charge >= 0.3 is 0 Å². The first-order chi connectivity index (χ1) is 11.2. The van der Waals surface area contributed by atoms with Crippen LogP contribution in [0.2, 0.25) is 5.02 Å². The minimum Gasteiger partial charge on any atom is -0.493 e. The normalized spacial score (nSPS) is 18.7. The van der Waals surface area contributed by atoms with Crippen molar-refractivity contribution in [3.8, 4) is 11.5 Å². The molecule has 1 aromatic heterocycles. The van der Waals surface area contributed by atoms with Crippen molar-refractivity contribution in [2.24, 2.45) is 5.92 Å². The molecule has 3 rings (SSSR count). The molecule has 2 atom stereocenters. The van der Waals surface area contributed by atoms with Gasteiger partial charge in [0.2, 0.25) is 0 Å². The predicted molar refractivity (Wildman–Crippen MR) is 86.5 cm³/mol. The predicted octanol–water partition coefficient (Wildman–Crippen LogP) is 3.61. The Balaban J connectivity index is 1.93. The molecule has 1 saturated heterocycles. The van der Waals surface area contributed by atoms with E-state index < -0.39 is 0 Å². The summed E-state index contributed by atoms with van der Waals surface area (Å²) in [4.78, 5) is 3.95. The number of pyridine rings is 1. The molecule has 2 heterocycles. The summed E-state index contributed by atoms with van der Waals surface area (Å²) >= 11 is 5.99. The van der Waals surface area contributed by atoms with Crippen molar-refractivity contribution in [2.75, 3.05) is 20.2 Å². The van der Waals surface area contributed by atoms with Gasteiger partial charge in [-0.3, -0.25) is 4.98 Å². The van der Waals surface area contributed by atoms with Gasteiger partial charge in [0.15, 0.2) is 11.5 Å². The Morgan fingerprint density at radius 3 is 2.87 bits per heavy atom. The number of aromatic nitrogens is 1. The maximum atomic E-state index is 13.6. The number of nitrogens with one attached hydrogen (secondary N) is 1. The first-order valence-electron chi connectivity index (χ1n) is 7.48. The number of methoxy groups -OCH3 is 1. The van der Waals surface area contributed by atoms with E-state index >= 15 is 0 Å². The van der Waals surface area contributed by atoms with Crippen LogP contribution in [0.1, 0.15) is 18.1 Å². The lowest BCUT2D eigenvalue weighted by atomic mass is 9.96. The molecule has 2 aromatic rings. The first kappa shape index (κ1) is 16.0. The van der Waals surface area contributed by atoms with E-state index in [1.807, 2.05) is 0 Å². The fourth-order valence-electron chi connectivity index (χ4n) is 2.83. The second-order valence-corrected chi connectivity index (χ2v) is 5.96. The van der Waals surface area contributed by atoms with Gasteiger partial charge in [0.05, 0.1) is 13.3 Å². The van der Waals surface area contributed by atoms with Crippen LogP contribution in [0.25, 0.3) is 0 Å². The van der Waals surface area contributed by atoms with E-state index in [0.29, 0.717) is 16.5 Å². The third-order valence-electron chi connectivity index (χ3n) is 3.96. The second kappa shape index (κ2) is 7.15. The van der Waals surface area contributed by atoms with Crippen molar-refractivity contribution in [2.45, 2.75) is 12.5 Å². The van der Waals surface area contributed by atoms with E-state index in [1.54, 1.807) is 31.5 Å². The number of rotatable bonds is 5. The van der Waals surface area contributed by atoms with Crippen LogP contribution in [0.5, 0.6) is 11.5 Å². The lowest BCUT2D eigenvalue weighted by Gasteiger charge is -2.25. The molecule has 0 spiro atoms. The number of halogens is 2. The molecule has 1 fully saturated rings. The van der Waals surface area contributed by atoms with Crippen molar-refractivity contribution in [1.29, 1.82) is 0 Å². The maximum Gasteiger partial charge on any atom is 0.162 e. The smallest absolute Gasteiger partial charge is 0.162 e. The van der Waals surface area contributed by atoms with E-state index in [2.05, 4.69) is 10.3 Å². The lowest BCUT2D eigenvalue weighted by molar-refractivity contribution is 0.138. The van der Waals surface area contributed by atoms with Crippen LogP contribution in [0, 0.1) is 11.7 Å². The highest BCUT2D eigenvalue weighted by atomic mass is 35.5. The van der Waals surface area contributed by atoms with Gasteiger partial charge < -0.3 is 14.8 Å². The summed E-state index contributed by atoms with van der Waals surface area (Å²) in [6.07, 6.45) is 3.49. The van der Waals surface area contributed by atoms with Crippen LogP contribution in [0.15, 0.2) is 36.7 Å². The number of ether oxygens (including phenoxy) is 2. The van der Waals surface area contributed by atoms with Crippen LogP contribution in [0.3, 0.4) is 0 Å². The summed E-state index contributed by atoms with van der Waals surface area (Å²) in [5.74, 6) is 1.000. The summed E-state index contributed by atoms with van der Waals surface area (Å²) in [5.41, 5.74) is 0.718. The third kappa shape index (κ3) is 3.74. The Morgan fingerprint density at radius 2 is 2.17 bits per heavy atom. The van der Waals surface area contributed by atoms with Crippen molar-refractivity contribution in [3.05, 3.63) is 53.1 Å². The highest BCUT2D eigenvalue weighted by Crippen LogP contribution is 2.37. The quantitative estimate of drug-likeness (QED) is 0.905. The fourth-order valence-corrected chi connectivity index (χ4v) is 2.99. The first-order valence-corrected chi connectivity index (χ1v) is 7.86. The standard InChI is InChI=1S/C17H18ClFN2O2/c1-22-16-7-13(18)2-3-15(16)23-17(11-4-5-20-8-11)12-6-14(19)10-21-9-12/h2-3,6-7,9-11,17,20H,4-5,8H2,1H3/t11-,17+/m1/s1. The highest BCUT2D eigenvalue weighted by Gasteiger charge is 2.29. The van der Waals surface area contributed by atoms with Crippen LogP contribution in [0.4, 0.5) is 4.39 Å². The largest absolute Gasteiger partial charge is 0.493 e. The molecular formula is C17H18ClFN2O2. The minimum absolute atomic E-state index is 0.235. The Kier molecular flexibility index (Phi) is 4.98. The minimum atomic E-state index is -0.370. The van der Waals surface area contributed by atoms with Gasteiger partial charge in [0.1, 0.15) is 11.9 Å². The van der Waals surface area contributed by atoms with Gasteiger partial charge in [0.25, 0.3) is 0 Å². The maximum absolute atomic E-state index is 13.6. The molecule has 0 unspecified atom stereocenters. The Bertz CT molecular complexity index is 677. The van der Waals surface area contributed by atoms with Crippen LogP contribution in [-0.4, -0.2) is 25.2 Å². The number of benzene rings is 1. The summed E-state index contributed by atoms with van der Waals surface area (Å²) in [5, 5.41) is 3.88. The van der Waals surface area contributed by atoms with Gasteiger partial charge in [-0.15, -0.1) is 0 Å². The molecule has 1 aromatic carbocycles. The average molecular weight is 337 g/mol. The zero-order valence-corrected chi connectivity index (χ0v) is 13.5. The molecule has 0 amide bonds. The Labute approximate surface area is 139 Å². The molecule has 1 aliphatic heterocycles. The van der Waals surface area contributed by atoms with E-state index in [-0.39, 0.29) is 17.8 Å². The van der Waals surface area contributed by atoms with Gasteiger partial charge in [-0.1, -0.05) is 11.6 Å². The van der Waals surface area contributed by atoms with E-state index in [0.717, 1.165) is 25.1 Å². The molecule has 0 radical (unpaired) electrons. The van der Waals surface area contributed by atoms with E-state index in [4.69, 9.17) is 21.1 Å². The molecule has 0 saturated carbocycles. The van der Waals surface area contributed by atoms with Gasteiger partial charge in [-0.25, -0.2) is 4.39 Å². The van der Waals surface area contributed by atoms with Crippen molar-refractivity contribution in [1.82, 2.24) is 10.3 Å². The lowest BCUT2D eigenvalue weighted by Crippen LogP contribution is -2.22. The molecular weight excluding hydrogens is 319 g/mol. The molecule has 6 heteroatoms. The summed E-state index contributed by atoms with van der Waals surface area (Å²) in [7, 11) is 1.56. The zero-order valence-electron chi connectivity index (χ0n) is 12.8. The fraction of sp³-hybridized carbons (Fsp3) is 0.353. The van der Waals surface area contributed by atoms with Crippen LogP contribution < -0.4 is 14.8 Å². The molecule has 0 bridgehead atoms. The molecule has 23 heavy (non-hydrogen) atoms. The van der Waals surface area contributed by atoms with Crippen molar-refractivity contribution >= 4 is 11.6 Å². The van der Waals surface area contributed by atoms with E-state index in [9.17, 15) is 4.39 Å². The molecule has 122 valence electrons. The second-order valence-electron chi connectivity index (χ2n) is 5.52. The molecule has 0 aliphatic carbocycles. The van der Waals surface area contributed by atoms with Crippen LogP contribution in [-0.2, 0) is 0 Å². The van der Waals surface area contributed by atoms with Gasteiger partial charge in [-0.2, -0.15) is 0 Å². The SMILES string of the molecule is COc1cc(Cl)ccc1O[C@H](c1cncc(F)c1)[C@@H]1CCNC1. The molecule has 4 nitrogen and oxygen atoms in total. The molecule has 1 aliphatic rings. The topological polar surface area (TPSA) is 43.4 Å². The molecule has 1 N–H and O–H groups in total. The monoisotopic (exact) mass is 336 g/mol. The Hall–Kier alpha value is -1.85. The Morgan fingerprint density at radius 1 is 1.30 bits per heavy atom. The van der Waals surface area contributed by atoms with E-state index in [1.165, 1.54) is 12.3 Å². The van der Waals surface area contributed by atoms with Gasteiger partial charge in [-0.05, 0) is 31.2 Å². The number of hydrogen-bond acceptors (Lipinski definition) is 4. The van der Waals surface area contributed by atoms with Crippen molar-refractivity contribution < 1.29 is 13.9 Å². The highest BCUT2D eigenvalue weighted by molar-refractivity contribution is 6.30. The number of hydrogen-bond donors (Lipinski definition) is 1. The number of nitrogens with zero attached hydrogens (tertiary/aromatic N) is 1. The summed E-state index contributed by atoms with van der Waals surface area (Å²) in [6.45, 7) is 1.74.